The van der Waals surface area contributed by atoms with E-state index in [1.54, 1.807) is 14.2 Å². The highest BCUT2D eigenvalue weighted by atomic mass is 28.3. The molecule has 0 spiro atoms. The van der Waals surface area contributed by atoms with Gasteiger partial charge in [0.1, 0.15) is 0 Å². The van der Waals surface area contributed by atoms with Crippen molar-refractivity contribution < 1.29 is 8.85 Å². The van der Waals surface area contributed by atoms with Gasteiger partial charge in [-0.15, -0.1) is 0 Å². The minimum Gasteiger partial charge on any atom is -0.388 e. The fourth-order valence-electron chi connectivity index (χ4n) is 2.34. The number of rotatable bonds is 4. The molecule has 1 saturated heterocycles. The van der Waals surface area contributed by atoms with Crippen LogP contribution in [0.4, 0.5) is 0 Å². The van der Waals surface area contributed by atoms with E-state index in [2.05, 4.69) is 24.2 Å². The van der Waals surface area contributed by atoms with Crippen molar-refractivity contribution in [2.75, 3.05) is 20.8 Å². The molecule has 0 aromatic rings. The lowest BCUT2D eigenvalue weighted by Gasteiger charge is -2.36. The molecule has 0 aromatic heterocycles. The van der Waals surface area contributed by atoms with E-state index in [0.717, 1.165) is 5.67 Å². The molecule has 0 amide bonds. The maximum atomic E-state index is 5.47. The van der Waals surface area contributed by atoms with E-state index in [1.165, 1.54) is 19.4 Å². The zero-order valence-electron chi connectivity index (χ0n) is 10.0. The van der Waals surface area contributed by atoms with Gasteiger partial charge < -0.3 is 8.85 Å². The molecule has 0 radical (unpaired) electrons. The Balaban J connectivity index is 2.67. The molecule has 1 aliphatic rings. The van der Waals surface area contributed by atoms with E-state index in [4.69, 9.17) is 8.85 Å². The third-order valence-electron chi connectivity index (χ3n) is 2.97. The van der Waals surface area contributed by atoms with Crippen molar-refractivity contribution in [3.63, 3.8) is 0 Å². The molecule has 0 saturated carbocycles. The van der Waals surface area contributed by atoms with Crippen LogP contribution in [0.3, 0.4) is 0 Å². The van der Waals surface area contributed by atoms with Crippen LogP contribution >= 0.6 is 0 Å². The quantitative estimate of drug-likeness (QED) is 0.684. The topological polar surface area (TPSA) is 21.7 Å². The Bertz CT molecular complexity index is 180. The second kappa shape index (κ2) is 4.89. The van der Waals surface area contributed by atoms with Crippen molar-refractivity contribution in [2.45, 2.75) is 38.1 Å². The van der Waals surface area contributed by atoms with Gasteiger partial charge in [0.15, 0.2) is 0 Å². The highest BCUT2D eigenvalue weighted by Crippen LogP contribution is 2.26. The van der Waals surface area contributed by atoms with Gasteiger partial charge in [0, 0.05) is 19.9 Å². The van der Waals surface area contributed by atoms with Crippen molar-refractivity contribution in [1.29, 1.82) is 0 Å². The minimum atomic E-state index is -1.53. The maximum Gasteiger partial charge on any atom is 0.410 e. The van der Waals surface area contributed by atoms with E-state index >= 15 is 0 Å². The van der Waals surface area contributed by atoms with Crippen LogP contribution in [-0.2, 0) is 8.85 Å². The van der Waals surface area contributed by atoms with E-state index in [0.29, 0.717) is 0 Å². The number of nitrogens with zero attached hydrogens (tertiary/aromatic N) is 1. The minimum absolute atomic E-state index is 0.763. The second-order valence-corrected chi connectivity index (χ2v) is 12.7. The predicted molar refractivity (Wildman–Crippen MR) is 64.2 cm³/mol. The zero-order valence-corrected chi connectivity index (χ0v) is 12.2. The van der Waals surface area contributed by atoms with Crippen molar-refractivity contribution in [3.8, 4) is 0 Å². The zero-order chi connectivity index (χ0) is 10.8. The van der Waals surface area contributed by atoms with E-state index in [9.17, 15) is 0 Å². The summed E-state index contributed by atoms with van der Waals surface area (Å²) in [5.41, 5.74) is 0.763. The van der Waals surface area contributed by atoms with Gasteiger partial charge in [0.2, 0.25) is 0 Å². The van der Waals surface area contributed by atoms with E-state index < -0.39 is 17.5 Å². The van der Waals surface area contributed by atoms with Gasteiger partial charge in [-0.1, -0.05) is 19.6 Å². The first kappa shape index (κ1) is 12.4. The summed E-state index contributed by atoms with van der Waals surface area (Å²) in [4.78, 5) is 0. The monoisotopic (exact) mass is 233 g/mol. The van der Waals surface area contributed by atoms with Gasteiger partial charge in [-0.25, -0.2) is 0 Å². The first-order valence-electron chi connectivity index (χ1n) is 5.32. The summed E-state index contributed by atoms with van der Waals surface area (Å²) in [6.07, 6.45) is 2.65. The van der Waals surface area contributed by atoms with Gasteiger partial charge in [-0.3, -0.25) is 4.57 Å². The van der Waals surface area contributed by atoms with Crippen molar-refractivity contribution in [1.82, 2.24) is 4.57 Å². The molecule has 1 aliphatic heterocycles. The Morgan fingerprint density at radius 2 is 1.79 bits per heavy atom. The molecule has 0 aromatic carbocycles. The van der Waals surface area contributed by atoms with Crippen LogP contribution in [-0.4, -0.2) is 48.5 Å². The summed E-state index contributed by atoms with van der Waals surface area (Å²) in [5, 5.41) is 0. The molecular weight excluding hydrogens is 210 g/mol. The summed E-state index contributed by atoms with van der Waals surface area (Å²) in [7, 11) is 0.939. The first-order chi connectivity index (χ1) is 6.50. The Labute approximate surface area is 90.3 Å². The first-order valence-corrected chi connectivity index (χ1v) is 10.4. The lowest BCUT2D eigenvalue weighted by Crippen LogP contribution is -2.55. The molecule has 0 N–H and O–H groups in total. The highest BCUT2D eigenvalue weighted by molar-refractivity contribution is 6.78. The third kappa shape index (κ3) is 2.67. The fraction of sp³-hybridized carbons (Fsp3) is 1.00. The van der Waals surface area contributed by atoms with E-state index in [1.807, 2.05) is 0 Å². The number of hydrogen-bond donors (Lipinski definition) is 0. The second-order valence-electron chi connectivity index (χ2n) is 5.04. The lowest BCUT2D eigenvalue weighted by molar-refractivity contribution is 0.205. The van der Waals surface area contributed by atoms with Crippen LogP contribution in [0.1, 0.15) is 12.8 Å². The SMILES string of the molecule is CO[SiH](OC)N1CCCC1[Si](C)(C)C. The Kier molecular flexibility index (Phi) is 4.33. The molecule has 1 rings (SSSR count). The van der Waals surface area contributed by atoms with Crippen molar-refractivity contribution in [2.24, 2.45) is 0 Å². The van der Waals surface area contributed by atoms with Crippen LogP contribution in [0.25, 0.3) is 0 Å². The molecule has 3 nitrogen and oxygen atoms in total. The van der Waals surface area contributed by atoms with Crippen LogP contribution < -0.4 is 0 Å². The van der Waals surface area contributed by atoms with Crippen molar-refractivity contribution >= 4 is 17.5 Å². The maximum absolute atomic E-state index is 5.47. The van der Waals surface area contributed by atoms with Crippen molar-refractivity contribution in [3.05, 3.63) is 0 Å². The molecule has 0 bridgehead atoms. The smallest absolute Gasteiger partial charge is 0.388 e. The molecular formula is C9H23NO2Si2. The highest BCUT2D eigenvalue weighted by Gasteiger charge is 2.40. The molecule has 14 heavy (non-hydrogen) atoms. The summed E-state index contributed by atoms with van der Waals surface area (Å²) in [6, 6.07) is 0. The average molecular weight is 233 g/mol. The summed E-state index contributed by atoms with van der Waals surface area (Å²) >= 11 is 0. The predicted octanol–water partition coefficient (Wildman–Crippen LogP) is 1.34. The van der Waals surface area contributed by atoms with Crippen LogP contribution in [0.2, 0.25) is 19.6 Å². The normalized spacial score (nSPS) is 24.9. The van der Waals surface area contributed by atoms with Crippen LogP contribution in [0, 0.1) is 0 Å². The van der Waals surface area contributed by atoms with Gasteiger partial charge >= 0.3 is 9.45 Å². The molecule has 84 valence electrons. The summed E-state index contributed by atoms with van der Waals surface area (Å²) in [5.74, 6) is 0. The van der Waals surface area contributed by atoms with Crippen LogP contribution in [0.5, 0.6) is 0 Å². The Morgan fingerprint density at radius 1 is 1.21 bits per heavy atom. The average Bonchev–Trinajstić information content (AvgIpc) is 2.54. The fourth-order valence-corrected chi connectivity index (χ4v) is 7.81. The molecule has 1 atom stereocenters. The number of hydrogen-bond acceptors (Lipinski definition) is 3. The standard InChI is InChI=1S/C9H23NO2Si2/c1-11-13(12-2)10-8-6-7-9(10)14(3,4)5/h9,13H,6-8H2,1-5H3. The molecule has 0 aliphatic carbocycles. The molecule has 5 heteroatoms. The van der Waals surface area contributed by atoms with E-state index in [-0.39, 0.29) is 0 Å². The summed E-state index contributed by atoms with van der Waals surface area (Å²) < 4.78 is 13.5. The third-order valence-corrected chi connectivity index (χ3v) is 7.85. The molecule has 1 heterocycles. The molecule has 1 unspecified atom stereocenters. The van der Waals surface area contributed by atoms with Crippen LogP contribution in [0.15, 0.2) is 0 Å². The molecule has 1 fully saturated rings. The van der Waals surface area contributed by atoms with Gasteiger partial charge in [-0.05, 0) is 19.4 Å². The van der Waals surface area contributed by atoms with Gasteiger partial charge in [0.05, 0.1) is 8.07 Å². The van der Waals surface area contributed by atoms with Gasteiger partial charge in [-0.2, -0.15) is 0 Å². The summed E-state index contributed by atoms with van der Waals surface area (Å²) in [6.45, 7) is 8.49. The Morgan fingerprint density at radius 3 is 2.21 bits per heavy atom. The Hall–Kier alpha value is 0.314. The lowest BCUT2D eigenvalue weighted by atomic mass is 10.4. The largest absolute Gasteiger partial charge is 0.410 e. The van der Waals surface area contributed by atoms with Gasteiger partial charge in [0.25, 0.3) is 0 Å².